The van der Waals surface area contributed by atoms with Crippen LogP contribution in [0.2, 0.25) is 0 Å². The van der Waals surface area contributed by atoms with Crippen molar-refractivity contribution in [1.82, 2.24) is 0 Å². The van der Waals surface area contributed by atoms with E-state index in [1.165, 1.54) is 5.56 Å². The summed E-state index contributed by atoms with van der Waals surface area (Å²) in [5.41, 5.74) is 11.3. The Morgan fingerprint density at radius 1 is 0.962 bits per heavy atom. The van der Waals surface area contributed by atoms with Crippen molar-refractivity contribution in [2.24, 2.45) is 4.99 Å². The van der Waals surface area contributed by atoms with Crippen LogP contribution in [0.5, 0.6) is 0 Å². The second-order valence-corrected chi connectivity index (χ2v) is 6.37. The third-order valence-electron chi connectivity index (χ3n) is 4.47. The molecule has 0 fully saturated rings. The number of ketones is 1. The predicted octanol–water partition coefficient (Wildman–Crippen LogP) is 4.07. The maximum Gasteiger partial charge on any atom is 0.193 e. The predicted molar refractivity (Wildman–Crippen MR) is 106 cm³/mol. The summed E-state index contributed by atoms with van der Waals surface area (Å²) < 4.78 is 0. The Morgan fingerprint density at radius 3 is 2.46 bits per heavy atom. The normalized spacial score (nSPS) is 14.1. The molecule has 0 aromatic heterocycles. The summed E-state index contributed by atoms with van der Waals surface area (Å²) in [6.07, 6.45) is 0.769. The Hall–Kier alpha value is -3.40. The van der Waals surface area contributed by atoms with Crippen molar-refractivity contribution >= 4 is 23.0 Å². The molecular weight excluding hydrogens is 322 g/mol. The van der Waals surface area contributed by atoms with Crippen molar-refractivity contribution in [2.45, 2.75) is 13.0 Å². The highest BCUT2D eigenvalue weighted by Gasteiger charge is 2.15. The first kappa shape index (κ1) is 16.1. The SMILES string of the molecule is Nc1ccc2c(c1)CC(=NCc1ccc(C(=O)c3ccccc3)cc1)N2. The van der Waals surface area contributed by atoms with Crippen molar-refractivity contribution in [1.29, 1.82) is 0 Å². The van der Waals surface area contributed by atoms with Crippen LogP contribution in [0, 0.1) is 0 Å². The van der Waals surface area contributed by atoms with E-state index in [9.17, 15) is 4.79 Å². The van der Waals surface area contributed by atoms with Crippen LogP contribution in [-0.4, -0.2) is 11.6 Å². The zero-order valence-electron chi connectivity index (χ0n) is 14.3. The van der Waals surface area contributed by atoms with Crippen molar-refractivity contribution in [3.8, 4) is 0 Å². The van der Waals surface area contributed by atoms with Gasteiger partial charge >= 0.3 is 0 Å². The lowest BCUT2D eigenvalue weighted by atomic mass is 10.0. The lowest BCUT2D eigenvalue weighted by Gasteiger charge is -2.03. The molecule has 4 heteroatoms. The van der Waals surface area contributed by atoms with Gasteiger partial charge < -0.3 is 11.1 Å². The van der Waals surface area contributed by atoms with Gasteiger partial charge in [0.15, 0.2) is 5.78 Å². The number of amidine groups is 1. The van der Waals surface area contributed by atoms with E-state index < -0.39 is 0 Å². The molecule has 0 saturated carbocycles. The summed E-state index contributed by atoms with van der Waals surface area (Å²) in [6, 6.07) is 22.8. The summed E-state index contributed by atoms with van der Waals surface area (Å²) in [6.45, 7) is 0.575. The van der Waals surface area contributed by atoms with Crippen LogP contribution in [0.4, 0.5) is 11.4 Å². The molecule has 3 aromatic rings. The molecule has 3 N–H and O–H groups in total. The number of nitrogen functional groups attached to an aromatic ring is 1. The van der Waals surface area contributed by atoms with Crippen molar-refractivity contribution in [3.05, 3.63) is 95.1 Å². The number of rotatable bonds is 4. The van der Waals surface area contributed by atoms with E-state index in [0.717, 1.165) is 29.2 Å². The van der Waals surface area contributed by atoms with Crippen LogP contribution in [0.15, 0.2) is 77.8 Å². The van der Waals surface area contributed by atoms with Gasteiger partial charge in [0.2, 0.25) is 0 Å². The first-order valence-electron chi connectivity index (χ1n) is 8.56. The highest BCUT2D eigenvalue weighted by Crippen LogP contribution is 2.25. The standard InChI is InChI=1S/C22H19N3O/c23-19-10-11-20-18(12-19)13-21(25-20)24-14-15-6-8-17(9-7-15)22(26)16-4-2-1-3-5-16/h1-12H,13-14,23H2,(H,24,25). The van der Waals surface area contributed by atoms with E-state index in [2.05, 4.69) is 10.3 Å². The molecule has 0 amide bonds. The highest BCUT2D eigenvalue weighted by molar-refractivity contribution is 6.09. The van der Waals surface area contributed by atoms with Crippen molar-refractivity contribution < 1.29 is 4.79 Å². The second-order valence-electron chi connectivity index (χ2n) is 6.37. The van der Waals surface area contributed by atoms with Gasteiger partial charge in [-0.25, -0.2) is 0 Å². The lowest BCUT2D eigenvalue weighted by Crippen LogP contribution is -2.06. The third-order valence-corrected chi connectivity index (χ3v) is 4.47. The van der Waals surface area contributed by atoms with Crippen LogP contribution in [0.3, 0.4) is 0 Å². The molecule has 4 nitrogen and oxygen atoms in total. The molecule has 4 rings (SSSR count). The molecular formula is C22H19N3O. The molecule has 0 atom stereocenters. The average Bonchev–Trinajstić information content (AvgIpc) is 3.09. The molecule has 1 heterocycles. The number of carbonyl (C=O) groups excluding carboxylic acids is 1. The minimum atomic E-state index is 0.0361. The number of benzene rings is 3. The van der Waals surface area contributed by atoms with Crippen LogP contribution < -0.4 is 11.1 Å². The molecule has 1 aliphatic rings. The molecule has 0 aliphatic carbocycles. The monoisotopic (exact) mass is 341 g/mol. The Labute approximate surface area is 152 Å². The summed E-state index contributed by atoms with van der Waals surface area (Å²) in [5.74, 6) is 0.976. The molecule has 0 radical (unpaired) electrons. The van der Waals surface area contributed by atoms with Crippen LogP contribution in [-0.2, 0) is 13.0 Å². The summed E-state index contributed by atoms with van der Waals surface area (Å²) >= 11 is 0. The van der Waals surface area contributed by atoms with E-state index in [4.69, 9.17) is 5.73 Å². The van der Waals surface area contributed by atoms with E-state index >= 15 is 0 Å². The number of anilines is 2. The zero-order chi connectivity index (χ0) is 17.9. The average molecular weight is 341 g/mol. The summed E-state index contributed by atoms with van der Waals surface area (Å²) in [7, 11) is 0. The molecule has 128 valence electrons. The van der Waals surface area contributed by atoms with Gasteiger partial charge in [0.25, 0.3) is 0 Å². The quantitative estimate of drug-likeness (QED) is 0.555. The van der Waals surface area contributed by atoms with Crippen molar-refractivity contribution in [2.75, 3.05) is 11.1 Å². The fourth-order valence-corrected chi connectivity index (χ4v) is 3.06. The largest absolute Gasteiger partial charge is 0.399 e. The van der Waals surface area contributed by atoms with Gasteiger partial charge in [0, 0.05) is 28.9 Å². The number of aliphatic imine (C=N–C) groups is 1. The third kappa shape index (κ3) is 3.35. The minimum absolute atomic E-state index is 0.0361. The van der Waals surface area contributed by atoms with Gasteiger partial charge in [-0.1, -0.05) is 54.6 Å². The van der Waals surface area contributed by atoms with E-state index in [-0.39, 0.29) is 5.78 Å². The molecule has 0 saturated heterocycles. The van der Waals surface area contributed by atoms with Gasteiger partial charge in [-0.05, 0) is 29.3 Å². The number of nitrogens with two attached hydrogens (primary N) is 1. The number of carbonyl (C=O) groups is 1. The Bertz CT molecular complexity index is 976. The topological polar surface area (TPSA) is 67.5 Å². The Balaban J connectivity index is 1.43. The fourth-order valence-electron chi connectivity index (χ4n) is 3.06. The molecule has 3 aromatic carbocycles. The number of fused-ring (bicyclic) bond motifs is 1. The maximum absolute atomic E-state index is 12.4. The van der Waals surface area contributed by atoms with Crippen molar-refractivity contribution in [3.63, 3.8) is 0 Å². The van der Waals surface area contributed by atoms with Gasteiger partial charge in [-0.3, -0.25) is 9.79 Å². The Morgan fingerprint density at radius 2 is 1.69 bits per heavy atom. The maximum atomic E-state index is 12.4. The number of hydrogen-bond donors (Lipinski definition) is 2. The molecule has 0 spiro atoms. The van der Waals surface area contributed by atoms with E-state index in [0.29, 0.717) is 17.7 Å². The van der Waals surface area contributed by atoms with Gasteiger partial charge in [0.05, 0.1) is 6.54 Å². The first-order chi connectivity index (χ1) is 12.7. The first-order valence-corrected chi connectivity index (χ1v) is 8.56. The van der Waals surface area contributed by atoms with Crippen LogP contribution >= 0.6 is 0 Å². The highest BCUT2D eigenvalue weighted by atomic mass is 16.1. The second kappa shape index (κ2) is 6.84. The van der Waals surface area contributed by atoms with E-state index in [1.54, 1.807) is 0 Å². The van der Waals surface area contributed by atoms with Gasteiger partial charge in [0.1, 0.15) is 5.84 Å². The van der Waals surface area contributed by atoms with Crippen LogP contribution in [0.1, 0.15) is 27.0 Å². The smallest absolute Gasteiger partial charge is 0.193 e. The van der Waals surface area contributed by atoms with Gasteiger partial charge in [-0.2, -0.15) is 0 Å². The number of nitrogens with one attached hydrogen (secondary N) is 1. The number of nitrogens with zero attached hydrogens (tertiary/aromatic N) is 1. The molecule has 0 bridgehead atoms. The fraction of sp³-hybridized carbons (Fsp3) is 0.0909. The molecule has 0 unspecified atom stereocenters. The number of hydrogen-bond acceptors (Lipinski definition) is 3. The van der Waals surface area contributed by atoms with Gasteiger partial charge in [-0.15, -0.1) is 0 Å². The molecule has 26 heavy (non-hydrogen) atoms. The van der Waals surface area contributed by atoms with E-state index in [1.807, 2.05) is 72.8 Å². The minimum Gasteiger partial charge on any atom is -0.399 e. The lowest BCUT2D eigenvalue weighted by molar-refractivity contribution is 0.103. The van der Waals surface area contributed by atoms with Crippen LogP contribution in [0.25, 0.3) is 0 Å². The summed E-state index contributed by atoms with van der Waals surface area (Å²) in [4.78, 5) is 17.1. The zero-order valence-corrected chi connectivity index (χ0v) is 14.3. The molecule has 1 aliphatic heterocycles. The Kier molecular flexibility index (Phi) is 4.23. The summed E-state index contributed by atoms with van der Waals surface area (Å²) in [5, 5.41) is 3.32.